The minimum Gasteiger partial charge on any atom is -0.507 e. The number of amides is 1. The molecule has 0 spiro atoms. The van der Waals surface area contributed by atoms with Crippen LogP contribution in [-0.2, 0) is 15.0 Å². The Labute approximate surface area is 229 Å². The molecule has 1 atom stereocenters. The molecule has 1 unspecified atom stereocenters. The van der Waals surface area contributed by atoms with Gasteiger partial charge in [0.15, 0.2) is 0 Å². The Morgan fingerprint density at radius 1 is 0.897 bits per heavy atom. The molecule has 0 radical (unpaired) electrons. The zero-order valence-electron chi connectivity index (χ0n) is 23.3. The van der Waals surface area contributed by atoms with Crippen molar-refractivity contribution in [1.82, 2.24) is 0 Å². The van der Waals surface area contributed by atoms with E-state index in [1.807, 2.05) is 38.1 Å². The average Bonchev–Trinajstić information content (AvgIpc) is 3.18. The average molecular weight is 530 g/mol. The smallest absolute Gasteiger partial charge is 0.300 e. The molecule has 0 saturated carbocycles. The number of carbonyl (C=O) groups is 2. The number of hydrogen-bond donors (Lipinski definition) is 1. The number of aliphatic hydroxyl groups excluding tert-OH is 1. The van der Waals surface area contributed by atoms with Crippen molar-refractivity contribution in [3.05, 3.63) is 89.0 Å². The highest BCUT2D eigenvalue weighted by Crippen LogP contribution is 2.45. The van der Waals surface area contributed by atoms with E-state index in [0.29, 0.717) is 47.3 Å². The number of nitrogens with zero attached hydrogens (tertiary/aromatic N) is 1. The summed E-state index contributed by atoms with van der Waals surface area (Å²) >= 11 is 0. The van der Waals surface area contributed by atoms with Crippen LogP contribution in [0.4, 0.5) is 5.69 Å². The summed E-state index contributed by atoms with van der Waals surface area (Å²) in [4.78, 5) is 28.7. The van der Waals surface area contributed by atoms with E-state index >= 15 is 0 Å². The fourth-order valence-corrected chi connectivity index (χ4v) is 4.75. The van der Waals surface area contributed by atoms with Crippen LogP contribution in [0.2, 0.25) is 0 Å². The van der Waals surface area contributed by atoms with Crippen molar-refractivity contribution in [2.45, 2.75) is 46.1 Å². The van der Waals surface area contributed by atoms with Gasteiger partial charge in [-0.2, -0.15) is 0 Å². The van der Waals surface area contributed by atoms with E-state index in [2.05, 4.69) is 20.8 Å². The lowest BCUT2D eigenvalue weighted by Gasteiger charge is -2.26. The maximum atomic E-state index is 13.7. The number of benzene rings is 3. The molecule has 1 heterocycles. The molecule has 0 aliphatic carbocycles. The summed E-state index contributed by atoms with van der Waals surface area (Å²) < 4.78 is 16.9. The van der Waals surface area contributed by atoms with Gasteiger partial charge in [-0.05, 0) is 66.8 Å². The lowest BCUT2D eigenvalue weighted by Crippen LogP contribution is -2.29. The van der Waals surface area contributed by atoms with E-state index in [1.165, 1.54) is 12.0 Å². The molecule has 0 bridgehead atoms. The predicted molar refractivity (Wildman–Crippen MR) is 152 cm³/mol. The van der Waals surface area contributed by atoms with Gasteiger partial charge in [0.1, 0.15) is 23.0 Å². The van der Waals surface area contributed by atoms with Crippen molar-refractivity contribution < 1.29 is 28.9 Å². The molecule has 1 aliphatic heterocycles. The molecule has 204 valence electrons. The maximum Gasteiger partial charge on any atom is 0.300 e. The highest BCUT2D eigenvalue weighted by Gasteiger charge is 2.47. The molecule has 7 heteroatoms. The predicted octanol–water partition coefficient (Wildman–Crippen LogP) is 6.42. The lowest BCUT2D eigenvalue weighted by atomic mass is 9.85. The largest absolute Gasteiger partial charge is 0.507 e. The maximum absolute atomic E-state index is 13.7. The fraction of sp³-hybridized carbons (Fsp3) is 0.312. The number of carbonyl (C=O) groups excluding carboxylic acids is 2. The molecule has 1 saturated heterocycles. The van der Waals surface area contributed by atoms with E-state index in [4.69, 9.17) is 14.2 Å². The molecule has 1 aliphatic rings. The molecule has 3 aromatic carbocycles. The summed E-state index contributed by atoms with van der Waals surface area (Å²) in [7, 11) is 1.50. The third-order valence-electron chi connectivity index (χ3n) is 6.66. The summed E-state index contributed by atoms with van der Waals surface area (Å²) in [6, 6.07) is 18.8. The molecule has 1 fully saturated rings. The number of rotatable bonds is 8. The first kappa shape index (κ1) is 27.8. The van der Waals surface area contributed by atoms with E-state index in [-0.39, 0.29) is 16.7 Å². The number of Topliss-reactive ketones (excluding diaryl/α,β-unsaturated/α-hetero) is 1. The van der Waals surface area contributed by atoms with Crippen molar-refractivity contribution in [3.8, 4) is 17.2 Å². The van der Waals surface area contributed by atoms with Crippen LogP contribution in [0.3, 0.4) is 0 Å². The van der Waals surface area contributed by atoms with Crippen LogP contribution in [0.1, 0.15) is 57.4 Å². The van der Waals surface area contributed by atoms with Crippen molar-refractivity contribution in [1.29, 1.82) is 0 Å². The fourth-order valence-electron chi connectivity index (χ4n) is 4.75. The molecule has 7 nitrogen and oxygen atoms in total. The molecular weight excluding hydrogens is 494 g/mol. The third kappa shape index (κ3) is 5.48. The van der Waals surface area contributed by atoms with Crippen LogP contribution in [0, 0.1) is 0 Å². The highest BCUT2D eigenvalue weighted by atomic mass is 16.5. The first-order valence-electron chi connectivity index (χ1n) is 13.1. The van der Waals surface area contributed by atoms with Gasteiger partial charge in [0.25, 0.3) is 11.7 Å². The van der Waals surface area contributed by atoms with Gasteiger partial charge in [-0.15, -0.1) is 0 Å². The second kappa shape index (κ2) is 11.2. The van der Waals surface area contributed by atoms with Crippen LogP contribution < -0.4 is 19.1 Å². The van der Waals surface area contributed by atoms with Gasteiger partial charge in [-0.1, -0.05) is 45.0 Å². The second-order valence-electron chi connectivity index (χ2n) is 10.3. The highest BCUT2D eigenvalue weighted by molar-refractivity contribution is 6.51. The van der Waals surface area contributed by atoms with Crippen LogP contribution >= 0.6 is 0 Å². The Morgan fingerprint density at radius 3 is 2.15 bits per heavy atom. The Balaban J connectivity index is 1.99. The molecule has 3 aromatic rings. The molecule has 0 aromatic heterocycles. The summed E-state index contributed by atoms with van der Waals surface area (Å²) in [5.41, 5.74) is 2.13. The second-order valence-corrected chi connectivity index (χ2v) is 10.3. The molecule has 1 N–H and O–H groups in total. The number of ketones is 1. The normalized spacial score (nSPS) is 16.9. The minimum atomic E-state index is -0.912. The zero-order chi connectivity index (χ0) is 28.3. The number of ether oxygens (including phenoxy) is 3. The first-order valence-corrected chi connectivity index (χ1v) is 13.1. The first-order chi connectivity index (χ1) is 18.6. The Bertz CT molecular complexity index is 1420. The monoisotopic (exact) mass is 529 g/mol. The number of aliphatic hydroxyl groups is 1. The Morgan fingerprint density at radius 2 is 1.54 bits per heavy atom. The summed E-state index contributed by atoms with van der Waals surface area (Å²) in [6.45, 7) is 10.8. The number of methoxy groups -OCH3 is 1. The van der Waals surface area contributed by atoms with Gasteiger partial charge in [-0.25, -0.2) is 0 Å². The summed E-state index contributed by atoms with van der Waals surface area (Å²) in [5.74, 6) is -0.278. The lowest BCUT2D eigenvalue weighted by molar-refractivity contribution is -0.132. The topological polar surface area (TPSA) is 85.3 Å². The van der Waals surface area contributed by atoms with Crippen molar-refractivity contribution in [2.75, 3.05) is 25.2 Å². The number of anilines is 1. The minimum absolute atomic E-state index is 0.0279. The third-order valence-corrected chi connectivity index (χ3v) is 6.66. The summed E-state index contributed by atoms with van der Waals surface area (Å²) in [5, 5.41) is 11.8. The van der Waals surface area contributed by atoms with Gasteiger partial charge in [-0.3, -0.25) is 14.5 Å². The Hall–Kier alpha value is -4.26. The van der Waals surface area contributed by atoms with Crippen molar-refractivity contribution >= 4 is 23.1 Å². The standard InChI is InChI=1S/C32H35NO6/c1-7-38-23-13-9-11-20(17-23)28-27(29(34)25-18-21(32(3,4)5)15-16-26(25)37-6)30(35)31(36)33(28)22-12-10-14-24(19-22)39-8-2/h9-19,28,34H,7-8H2,1-6H3/b29-27+. The van der Waals surface area contributed by atoms with Crippen LogP contribution in [0.15, 0.2) is 72.3 Å². The summed E-state index contributed by atoms with van der Waals surface area (Å²) in [6.07, 6.45) is 0. The van der Waals surface area contributed by atoms with Crippen molar-refractivity contribution in [2.24, 2.45) is 0 Å². The van der Waals surface area contributed by atoms with E-state index in [1.54, 1.807) is 42.5 Å². The zero-order valence-corrected chi connectivity index (χ0v) is 23.3. The molecule has 39 heavy (non-hydrogen) atoms. The van der Waals surface area contributed by atoms with Crippen LogP contribution in [0.5, 0.6) is 17.2 Å². The van der Waals surface area contributed by atoms with Crippen LogP contribution in [-0.4, -0.2) is 37.1 Å². The SMILES string of the molecule is CCOc1cccc(C2/C(=C(\O)c3cc(C(C)(C)C)ccc3OC)C(=O)C(=O)N2c2cccc(OCC)c2)c1. The quantitative estimate of drug-likeness (QED) is 0.206. The van der Waals surface area contributed by atoms with Gasteiger partial charge >= 0.3 is 0 Å². The van der Waals surface area contributed by atoms with Crippen molar-refractivity contribution in [3.63, 3.8) is 0 Å². The van der Waals surface area contributed by atoms with E-state index in [9.17, 15) is 14.7 Å². The number of hydrogen-bond acceptors (Lipinski definition) is 6. The molecule has 4 rings (SSSR count). The molecule has 1 amide bonds. The van der Waals surface area contributed by atoms with Gasteiger partial charge in [0.2, 0.25) is 0 Å². The van der Waals surface area contributed by atoms with E-state index in [0.717, 1.165) is 5.56 Å². The van der Waals surface area contributed by atoms with Crippen LogP contribution in [0.25, 0.3) is 5.76 Å². The van der Waals surface area contributed by atoms with E-state index < -0.39 is 17.7 Å². The van der Waals surface area contributed by atoms with Gasteiger partial charge < -0.3 is 19.3 Å². The Kier molecular flexibility index (Phi) is 8.00. The molecular formula is C32H35NO6. The van der Waals surface area contributed by atoms with Gasteiger partial charge in [0, 0.05) is 11.8 Å². The van der Waals surface area contributed by atoms with Gasteiger partial charge in [0.05, 0.1) is 37.5 Å².